The molecule has 4 heteroatoms. The normalized spacial score (nSPS) is 15.6. The predicted molar refractivity (Wildman–Crippen MR) is 115 cm³/mol. The molecule has 0 unspecified atom stereocenters. The minimum Gasteiger partial charge on any atom is -0.589 e. The van der Waals surface area contributed by atoms with Gasteiger partial charge in [-0.05, 0) is 89.3 Å². The second-order valence-electron chi connectivity index (χ2n) is 7.49. The van der Waals surface area contributed by atoms with Crippen LogP contribution in [0.3, 0.4) is 0 Å². The highest BCUT2D eigenvalue weighted by Gasteiger charge is 2.13. The second-order valence-corrected chi connectivity index (χ2v) is 7.49. The van der Waals surface area contributed by atoms with E-state index >= 15 is 0 Å². The molecule has 0 saturated carbocycles. The molecule has 0 fully saturated rings. The zero-order chi connectivity index (χ0) is 20.0. The van der Waals surface area contributed by atoms with E-state index in [4.69, 9.17) is 10.5 Å². The Balaban J connectivity index is 2.08. The first kappa shape index (κ1) is 19.0. The van der Waals surface area contributed by atoms with Gasteiger partial charge in [0.05, 0.1) is 5.71 Å². The molecule has 3 rings (SSSR count). The zero-order valence-electron chi connectivity index (χ0n) is 17.7. The molecule has 0 bridgehead atoms. The summed E-state index contributed by atoms with van der Waals surface area (Å²) in [6.45, 7) is 21.1. The molecule has 0 amide bonds. The van der Waals surface area contributed by atoms with E-state index in [1.54, 1.807) is 0 Å². The van der Waals surface area contributed by atoms with Crippen LogP contribution >= 0.6 is 0 Å². The maximum absolute atomic E-state index is 4.94. The summed E-state index contributed by atoms with van der Waals surface area (Å²) in [7, 11) is 0. The van der Waals surface area contributed by atoms with Gasteiger partial charge in [0.15, 0.2) is 0 Å². The van der Waals surface area contributed by atoms with Crippen LogP contribution in [0.4, 0.5) is 0 Å². The number of allylic oxidation sites excluding steroid dienone is 4. The van der Waals surface area contributed by atoms with Crippen molar-refractivity contribution >= 4 is 5.71 Å². The Morgan fingerprint density at radius 1 is 0.741 bits per heavy atom. The Morgan fingerprint density at radius 2 is 1.22 bits per heavy atom. The Bertz CT molecular complexity index is 985. The van der Waals surface area contributed by atoms with Gasteiger partial charge in [0.1, 0.15) is 0 Å². The topological polar surface area (TPSA) is 36.3 Å². The van der Waals surface area contributed by atoms with Crippen molar-refractivity contribution < 1.29 is 0 Å². The van der Waals surface area contributed by atoms with Gasteiger partial charge >= 0.3 is 0 Å². The largest absolute Gasteiger partial charge is 0.589 e. The van der Waals surface area contributed by atoms with Gasteiger partial charge < -0.3 is 10.1 Å². The van der Waals surface area contributed by atoms with Crippen molar-refractivity contribution in [2.24, 2.45) is 5.10 Å². The average Bonchev–Trinajstić information content (AvgIpc) is 2.93. The van der Waals surface area contributed by atoms with Crippen LogP contribution in [0.15, 0.2) is 41.2 Å². The van der Waals surface area contributed by atoms with Gasteiger partial charge in [-0.3, -0.25) is 0 Å². The highest BCUT2D eigenvalue weighted by Crippen LogP contribution is 2.28. The lowest BCUT2D eigenvalue weighted by Gasteiger charge is -2.32. The van der Waals surface area contributed by atoms with E-state index in [2.05, 4.69) is 62.0 Å². The van der Waals surface area contributed by atoms with Crippen LogP contribution in [-0.2, 0) is 0 Å². The molecular weight excluding hydrogens is 332 g/mol. The van der Waals surface area contributed by atoms with E-state index in [9.17, 15) is 0 Å². The van der Waals surface area contributed by atoms with Crippen molar-refractivity contribution in [1.82, 2.24) is 9.35 Å². The first-order valence-electron chi connectivity index (χ1n) is 9.33. The first-order chi connectivity index (χ1) is 12.6. The van der Waals surface area contributed by atoms with Gasteiger partial charge in [-0.1, -0.05) is 24.4 Å². The van der Waals surface area contributed by atoms with Gasteiger partial charge in [-0.15, -0.1) is 0 Å². The molecule has 2 aromatic heterocycles. The zero-order valence-corrected chi connectivity index (χ0v) is 17.7. The van der Waals surface area contributed by atoms with Gasteiger partial charge in [0.25, 0.3) is 0 Å². The molecule has 2 aromatic rings. The third-order valence-electron chi connectivity index (χ3n) is 6.02. The van der Waals surface area contributed by atoms with Crippen molar-refractivity contribution in [3.8, 4) is 0 Å². The van der Waals surface area contributed by atoms with Crippen molar-refractivity contribution in [2.45, 2.75) is 55.4 Å². The second kappa shape index (κ2) is 6.76. The van der Waals surface area contributed by atoms with Crippen molar-refractivity contribution in [3.05, 3.63) is 86.5 Å². The summed E-state index contributed by atoms with van der Waals surface area (Å²) in [5.41, 5.74) is 17.3. The number of hydrogen-bond acceptors (Lipinski definition) is 1. The van der Waals surface area contributed by atoms with Crippen LogP contribution in [0, 0.1) is 55.4 Å². The molecule has 2 heterocycles. The summed E-state index contributed by atoms with van der Waals surface area (Å²) in [5, 5.41) is 4.93. The fraction of sp³-hybridized carbons (Fsp3) is 0.348. The van der Waals surface area contributed by atoms with Crippen LogP contribution in [0.25, 0.3) is 5.43 Å². The van der Waals surface area contributed by atoms with Gasteiger partial charge in [0.2, 0.25) is 0 Å². The third-order valence-corrected chi connectivity index (χ3v) is 6.02. The molecule has 0 spiro atoms. The van der Waals surface area contributed by atoms with Crippen LogP contribution < -0.4 is 0 Å². The Kier molecular flexibility index (Phi) is 4.77. The van der Waals surface area contributed by atoms with Crippen LogP contribution in [0.5, 0.6) is 0 Å². The van der Waals surface area contributed by atoms with E-state index in [1.165, 1.54) is 22.3 Å². The smallest absolute Gasteiger partial charge is 0.0704 e. The van der Waals surface area contributed by atoms with Crippen molar-refractivity contribution in [2.75, 3.05) is 0 Å². The van der Waals surface area contributed by atoms with E-state index in [1.807, 2.05) is 27.6 Å². The summed E-state index contributed by atoms with van der Waals surface area (Å²) in [5.74, 6) is 0. The number of hydrogen-bond donors (Lipinski definition) is 0. The molecule has 4 nitrogen and oxygen atoms in total. The minimum atomic E-state index is 0.825. The molecule has 1 aliphatic carbocycles. The molecule has 0 radical (unpaired) electrons. The first-order valence-corrected chi connectivity index (χ1v) is 9.33. The maximum Gasteiger partial charge on any atom is 0.0704 e. The standard InChI is InChI=1S/C23H29N4/c1-13-10-11-22(24-26-18(6)14(2)15(3)19(26)7)23(12-13)25-27-20(8)16(4)17(5)21(27)9/h10-12H,1H2,2-9H3/q-1/b24-22+. The Labute approximate surface area is 162 Å². The maximum atomic E-state index is 4.94. The molecule has 1 aliphatic rings. The molecule has 0 aliphatic heterocycles. The fourth-order valence-corrected chi connectivity index (χ4v) is 3.47. The summed E-state index contributed by atoms with van der Waals surface area (Å²) in [6, 6.07) is 0. The highest BCUT2D eigenvalue weighted by atomic mass is 15.4. The average molecular weight is 362 g/mol. The van der Waals surface area contributed by atoms with Crippen LogP contribution in [0.1, 0.15) is 45.0 Å². The van der Waals surface area contributed by atoms with Crippen LogP contribution in [-0.4, -0.2) is 15.1 Å². The number of rotatable bonds is 3. The molecule has 0 N–H and O–H groups in total. The summed E-state index contributed by atoms with van der Waals surface area (Å²) in [6.07, 6.45) is 5.98. The van der Waals surface area contributed by atoms with Crippen LogP contribution in [0.2, 0.25) is 0 Å². The van der Waals surface area contributed by atoms with E-state index in [0.29, 0.717) is 0 Å². The SMILES string of the molecule is C=C1C=C/C(=N\n2c(C)c(C)c(C)c2C)C([N-]n2c(C)c(C)c(C)c2C)=C1. The number of nitrogens with zero attached hydrogens (tertiary/aromatic N) is 4. The Hall–Kier alpha value is -2.75. The summed E-state index contributed by atoms with van der Waals surface area (Å²) < 4.78 is 4.04. The Morgan fingerprint density at radius 3 is 1.74 bits per heavy atom. The molecule has 0 saturated heterocycles. The minimum absolute atomic E-state index is 0.825. The predicted octanol–water partition coefficient (Wildman–Crippen LogP) is 5.81. The van der Waals surface area contributed by atoms with Crippen molar-refractivity contribution in [1.29, 1.82) is 0 Å². The quantitative estimate of drug-likeness (QED) is 0.662. The monoisotopic (exact) mass is 361 g/mol. The van der Waals surface area contributed by atoms with Gasteiger partial charge in [-0.2, -0.15) is 5.10 Å². The van der Waals surface area contributed by atoms with E-state index in [0.717, 1.165) is 39.8 Å². The lowest BCUT2D eigenvalue weighted by Crippen LogP contribution is -2.11. The van der Waals surface area contributed by atoms with Gasteiger partial charge in [-0.25, -0.2) is 4.68 Å². The van der Waals surface area contributed by atoms with Crippen molar-refractivity contribution in [3.63, 3.8) is 0 Å². The summed E-state index contributed by atoms with van der Waals surface area (Å²) in [4.78, 5) is 0. The highest BCUT2D eigenvalue weighted by molar-refractivity contribution is 6.12. The molecule has 0 aromatic carbocycles. The van der Waals surface area contributed by atoms with E-state index < -0.39 is 0 Å². The number of aromatic nitrogens is 2. The molecule has 27 heavy (non-hydrogen) atoms. The molecule has 0 atom stereocenters. The fourth-order valence-electron chi connectivity index (χ4n) is 3.47. The molecule has 142 valence electrons. The lowest BCUT2D eigenvalue weighted by atomic mass is 10.1. The summed E-state index contributed by atoms with van der Waals surface area (Å²) >= 11 is 0. The third kappa shape index (κ3) is 3.09. The van der Waals surface area contributed by atoms with E-state index in [-0.39, 0.29) is 0 Å². The lowest BCUT2D eigenvalue weighted by molar-refractivity contribution is 0.807. The molecular formula is C23H29N4-. The van der Waals surface area contributed by atoms with Gasteiger partial charge in [0, 0.05) is 22.8 Å².